The van der Waals surface area contributed by atoms with Gasteiger partial charge in [0.1, 0.15) is 13.2 Å². The molecular formula is C47H96N2O6+2. The SMILES string of the molecule is CCCCCCCCCCCC[N+](C)(CCCCC[N+](C)(CCCCCCCCCCCC)[C@@H](COC(C)(C)C)C(=O)OC)[C@@H](COC(C)(C)C)C(=O)OC. The molecule has 2 unspecified atom stereocenters. The minimum atomic E-state index is -0.363. The fourth-order valence-corrected chi connectivity index (χ4v) is 7.83. The van der Waals surface area contributed by atoms with Gasteiger partial charge in [0.05, 0.1) is 65.7 Å². The van der Waals surface area contributed by atoms with Crippen LogP contribution < -0.4 is 0 Å². The molecule has 0 aromatic heterocycles. The number of likely N-dealkylation sites (N-methyl/N-ethyl adjacent to an activating group) is 2. The highest BCUT2D eigenvalue weighted by molar-refractivity contribution is 5.75. The molecule has 0 rings (SSSR count). The molecule has 0 bridgehead atoms. The highest BCUT2D eigenvalue weighted by Gasteiger charge is 2.41. The molecule has 0 aromatic rings. The lowest BCUT2D eigenvalue weighted by molar-refractivity contribution is -0.928. The Morgan fingerprint density at radius 2 is 0.636 bits per heavy atom. The maximum Gasteiger partial charge on any atom is 0.367 e. The summed E-state index contributed by atoms with van der Waals surface area (Å²) in [6.45, 7) is 21.2. The van der Waals surface area contributed by atoms with Gasteiger partial charge in [-0.15, -0.1) is 0 Å². The van der Waals surface area contributed by atoms with Gasteiger partial charge in [-0.1, -0.05) is 117 Å². The van der Waals surface area contributed by atoms with E-state index in [4.69, 9.17) is 18.9 Å². The molecular weight excluding hydrogens is 689 g/mol. The summed E-state index contributed by atoms with van der Waals surface area (Å²) in [7, 11) is 7.49. The maximum atomic E-state index is 13.3. The Morgan fingerprint density at radius 3 is 0.855 bits per heavy atom. The van der Waals surface area contributed by atoms with Crippen molar-refractivity contribution < 1.29 is 37.5 Å². The fourth-order valence-electron chi connectivity index (χ4n) is 7.83. The third kappa shape index (κ3) is 27.2. The average molecular weight is 785 g/mol. The topological polar surface area (TPSA) is 71.1 Å². The van der Waals surface area contributed by atoms with Crippen LogP contribution in [-0.4, -0.2) is 112 Å². The Morgan fingerprint density at radius 1 is 0.418 bits per heavy atom. The molecule has 8 nitrogen and oxygen atoms in total. The number of rotatable bonds is 36. The minimum absolute atomic E-state index is 0.181. The van der Waals surface area contributed by atoms with Crippen molar-refractivity contribution in [2.75, 3.05) is 67.7 Å². The first-order valence-corrected chi connectivity index (χ1v) is 23.1. The number of carbonyl (C=O) groups excluding carboxylic acids is 2. The Hall–Kier alpha value is -1.22. The molecule has 0 heterocycles. The van der Waals surface area contributed by atoms with Gasteiger partial charge >= 0.3 is 11.9 Å². The lowest BCUT2D eigenvalue weighted by Gasteiger charge is -2.42. The van der Waals surface area contributed by atoms with E-state index in [9.17, 15) is 9.59 Å². The van der Waals surface area contributed by atoms with E-state index in [0.717, 1.165) is 58.3 Å². The van der Waals surface area contributed by atoms with Crippen LogP contribution in [0.25, 0.3) is 0 Å². The summed E-state index contributed by atoms with van der Waals surface area (Å²) < 4.78 is 24.6. The van der Waals surface area contributed by atoms with Crippen molar-refractivity contribution >= 4 is 11.9 Å². The Kier molecular flexibility index (Phi) is 30.1. The van der Waals surface area contributed by atoms with Crippen LogP contribution in [0.1, 0.15) is 203 Å². The number of esters is 2. The molecule has 0 aliphatic heterocycles. The quantitative estimate of drug-likeness (QED) is 0.0358. The maximum absolute atomic E-state index is 13.3. The molecule has 0 saturated carbocycles. The van der Waals surface area contributed by atoms with Gasteiger partial charge in [0.15, 0.2) is 0 Å². The zero-order valence-electron chi connectivity index (χ0n) is 39.0. The van der Waals surface area contributed by atoms with E-state index in [2.05, 4.69) is 27.9 Å². The predicted molar refractivity (Wildman–Crippen MR) is 232 cm³/mol. The summed E-state index contributed by atoms with van der Waals surface area (Å²) in [5, 5.41) is 0. The molecule has 0 aliphatic carbocycles. The van der Waals surface area contributed by atoms with E-state index in [1.54, 1.807) is 0 Å². The van der Waals surface area contributed by atoms with Crippen LogP contribution in [0.3, 0.4) is 0 Å². The number of nitrogens with zero attached hydrogens (tertiary/aromatic N) is 2. The summed E-state index contributed by atoms with van der Waals surface area (Å²) >= 11 is 0. The van der Waals surface area contributed by atoms with E-state index in [1.807, 2.05) is 41.5 Å². The smallest absolute Gasteiger partial charge is 0.367 e. The largest absolute Gasteiger partial charge is 0.465 e. The van der Waals surface area contributed by atoms with Gasteiger partial charge < -0.3 is 27.9 Å². The van der Waals surface area contributed by atoms with Gasteiger partial charge in [0.2, 0.25) is 12.1 Å². The van der Waals surface area contributed by atoms with Crippen molar-refractivity contribution in [3.63, 3.8) is 0 Å². The molecule has 0 saturated heterocycles. The van der Waals surface area contributed by atoms with Crippen molar-refractivity contribution in [2.45, 2.75) is 226 Å². The van der Waals surface area contributed by atoms with E-state index in [1.165, 1.54) is 130 Å². The van der Waals surface area contributed by atoms with Crippen molar-refractivity contribution in [3.8, 4) is 0 Å². The highest BCUT2D eigenvalue weighted by Crippen LogP contribution is 2.24. The van der Waals surface area contributed by atoms with Crippen molar-refractivity contribution in [1.82, 2.24) is 0 Å². The predicted octanol–water partition coefficient (Wildman–Crippen LogP) is 11.6. The molecule has 328 valence electrons. The van der Waals surface area contributed by atoms with Gasteiger partial charge in [-0.05, 0) is 86.5 Å². The number of hydrogen-bond acceptors (Lipinski definition) is 6. The number of quaternary nitrogens is 2. The molecule has 0 radical (unpaired) electrons. The first-order chi connectivity index (χ1) is 26.0. The number of carbonyl (C=O) groups is 2. The van der Waals surface area contributed by atoms with E-state index < -0.39 is 0 Å². The third-order valence-electron chi connectivity index (χ3n) is 11.7. The molecule has 0 spiro atoms. The molecule has 8 heteroatoms. The van der Waals surface area contributed by atoms with E-state index in [0.29, 0.717) is 22.2 Å². The monoisotopic (exact) mass is 785 g/mol. The van der Waals surface area contributed by atoms with Gasteiger partial charge in [-0.2, -0.15) is 0 Å². The lowest BCUT2D eigenvalue weighted by atomic mass is 10.0. The summed E-state index contributed by atoms with van der Waals surface area (Å²) in [5.41, 5.74) is -0.671. The van der Waals surface area contributed by atoms with Gasteiger partial charge in [-0.3, -0.25) is 0 Å². The normalized spacial score (nSPS) is 15.6. The summed E-state index contributed by atoms with van der Waals surface area (Å²) in [5.74, 6) is -0.362. The van der Waals surface area contributed by atoms with Crippen LogP contribution in [0.4, 0.5) is 0 Å². The molecule has 0 fully saturated rings. The summed E-state index contributed by atoms with van der Waals surface area (Å²) in [6, 6.07) is -0.725. The van der Waals surface area contributed by atoms with Crippen LogP contribution in [0.5, 0.6) is 0 Å². The Balaban J connectivity index is 5.62. The second-order valence-corrected chi connectivity index (χ2v) is 19.2. The second-order valence-electron chi connectivity index (χ2n) is 19.2. The highest BCUT2D eigenvalue weighted by atomic mass is 16.5. The van der Waals surface area contributed by atoms with Crippen LogP contribution in [0.15, 0.2) is 0 Å². The summed E-state index contributed by atoms with van der Waals surface area (Å²) in [4.78, 5) is 26.7. The number of methoxy groups -OCH3 is 2. The third-order valence-corrected chi connectivity index (χ3v) is 11.7. The molecule has 0 N–H and O–H groups in total. The van der Waals surface area contributed by atoms with Gasteiger partial charge in [-0.25, -0.2) is 9.59 Å². The lowest BCUT2D eigenvalue weighted by Crippen LogP contribution is -2.60. The van der Waals surface area contributed by atoms with Crippen LogP contribution >= 0.6 is 0 Å². The zero-order chi connectivity index (χ0) is 41.6. The zero-order valence-corrected chi connectivity index (χ0v) is 39.0. The molecule has 0 aliphatic rings. The van der Waals surface area contributed by atoms with Crippen LogP contribution in [-0.2, 0) is 28.5 Å². The molecule has 55 heavy (non-hydrogen) atoms. The average Bonchev–Trinajstić information content (AvgIpc) is 3.12. The number of unbranched alkanes of at least 4 members (excludes halogenated alkanes) is 20. The van der Waals surface area contributed by atoms with Gasteiger partial charge in [0, 0.05) is 0 Å². The van der Waals surface area contributed by atoms with Crippen LogP contribution in [0.2, 0.25) is 0 Å². The molecule has 0 amide bonds. The fraction of sp³-hybridized carbons (Fsp3) is 0.957. The molecule has 4 atom stereocenters. The number of hydrogen-bond donors (Lipinski definition) is 0. The Labute approximate surface area is 342 Å². The van der Waals surface area contributed by atoms with E-state index in [-0.39, 0.29) is 35.2 Å². The second kappa shape index (κ2) is 30.8. The van der Waals surface area contributed by atoms with Gasteiger partial charge in [0.25, 0.3) is 0 Å². The standard InChI is InChI=1S/C47H96N2O6/c1-13-15-17-19-21-23-25-27-29-32-36-48(9,42(44(50)52-11)40-54-46(3,4)5)38-34-31-35-39-49(10,43(45(51)53-12)41-55-47(6,7)8)37-33-30-28-26-24-22-20-18-16-14-2/h42-43H,13-41H2,1-12H3/q+2/t42-,43-,48?,49?/m0/s1. The van der Waals surface area contributed by atoms with Crippen LogP contribution in [0, 0.1) is 0 Å². The van der Waals surface area contributed by atoms with Crippen molar-refractivity contribution in [2.24, 2.45) is 0 Å². The van der Waals surface area contributed by atoms with Crippen molar-refractivity contribution in [3.05, 3.63) is 0 Å². The van der Waals surface area contributed by atoms with Crippen molar-refractivity contribution in [1.29, 1.82) is 0 Å². The minimum Gasteiger partial charge on any atom is -0.465 e. The van der Waals surface area contributed by atoms with E-state index >= 15 is 0 Å². The first kappa shape index (κ1) is 53.8. The number of ether oxygens (including phenoxy) is 4. The first-order valence-electron chi connectivity index (χ1n) is 23.1. The molecule has 0 aromatic carbocycles. The summed E-state index contributed by atoms with van der Waals surface area (Å²) in [6.07, 6.45) is 28.8. The Bertz CT molecular complexity index is 873.